The zero-order chi connectivity index (χ0) is 15.2. The lowest BCUT2D eigenvalue weighted by atomic mass is 10.2. The van der Waals surface area contributed by atoms with E-state index in [0.717, 1.165) is 5.56 Å². The fraction of sp³-hybridized carbons (Fsp3) is 0.312. The summed E-state index contributed by atoms with van der Waals surface area (Å²) in [5.74, 6) is 0.824. The number of benzene rings is 1. The number of nitrogens with zero attached hydrogens (tertiary/aromatic N) is 1. The van der Waals surface area contributed by atoms with Crippen molar-refractivity contribution in [2.45, 2.75) is 20.1 Å². The van der Waals surface area contributed by atoms with Crippen molar-refractivity contribution in [1.82, 2.24) is 4.90 Å². The summed E-state index contributed by atoms with van der Waals surface area (Å²) >= 11 is 5.97. The monoisotopic (exact) mass is 307 g/mol. The highest BCUT2D eigenvalue weighted by Crippen LogP contribution is 2.16. The van der Waals surface area contributed by atoms with Gasteiger partial charge in [-0.3, -0.25) is 4.79 Å². The summed E-state index contributed by atoms with van der Waals surface area (Å²) in [7, 11) is 1.58. The number of furan rings is 1. The molecule has 0 saturated carbocycles. The van der Waals surface area contributed by atoms with Gasteiger partial charge in [-0.2, -0.15) is 0 Å². The van der Waals surface area contributed by atoms with E-state index in [4.69, 9.17) is 20.8 Å². The summed E-state index contributed by atoms with van der Waals surface area (Å²) < 4.78 is 10.5. The summed E-state index contributed by atoms with van der Waals surface area (Å²) in [6, 6.07) is 10.9. The van der Waals surface area contributed by atoms with Crippen molar-refractivity contribution in [1.29, 1.82) is 0 Å². The third-order valence-corrected chi connectivity index (χ3v) is 3.33. The van der Waals surface area contributed by atoms with Gasteiger partial charge in [0.25, 0.3) is 5.91 Å². The fourth-order valence-corrected chi connectivity index (χ4v) is 2.26. The normalized spacial score (nSPS) is 10.6. The van der Waals surface area contributed by atoms with E-state index in [0.29, 0.717) is 36.2 Å². The molecule has 0 aliphatic heterocycles. The van der Waals surface area contributed by atoms with Crippen LogP contribution >= 0.6 is 11.6 Å². The third kappa shape index (κ3) is 4.09. The Morgan fingerprint density at radius 1 is 1.33 bits per heavy atom. The van der Waals surface area contributed by atoms with E-state index < -0.39 is 0 Å². The second-order valence-corrected chi connectivity index (χ2v) is 5.08. The molecule has 1 heterocycles. The zero-order valence-corrected chi connectivity index (χ0v) is 12.9. The Morgan fingerprint density at radius 3 is 2.81 bits per heavy atom. The average molecular weight is 308 g/mol. The lowest BCUT2D eigenvalue weighted by molar-refractivity contribution is 0.0712. The number of hydrogen-bond donors (Lipinski definition) is 0. The minimum Gasteiger partial charge on any atom is -0.453 e. The van der Waals surface area contributed by atoms with Gasteiger partial charge in [0, 0.05) is 25.2 Å². The van der Waals surface area contributed by atoms with Crippen LogP contribution in [-0.4, -0.2) is 24.5 Å². The molecule has 1 aromatic heterocycles. The lowest BCUT2D eigenvalue weighted by Crippen LogP contribution is -2.30. The van der Waals surface area contributed by atoms with Crippen LogP contribution in [0.25, 0.3) is 0 Å². The van der Waals surface area contributed by atoms with Crippen molar-refractivity contribution >= 4 is 17.5 Å². The second kappa shape index (κ2) is 7.29. The van der Waals surface area contributed by atoms with Crippen molar-refractivity contribution in [3.05, 3.63) is 58.5 Å². The van der Waals surface area contributed by atoms with Crippen molar-refractivity contribution in [2.24, 2.45) is 0 Å². The second-order valence-electron chi connectivity index (χ2n) is 4.65. The Hall–Kier alpha value is -1.78. The van der Waals surface area contributed by atoms with Crippen molar-refractivity contribution in [2.75, 3.05) is 13.7 Å². The molecule has 0 unspecified atom stereocenters. The maximum Gasteiger partial charge on any atom is 0.289 e. The average Bonchev–Trinajstić information content (AvgIpc) is 2.93. The SMILES string of the molecule is CCN(Cc1cccc(Cl)c1)C(=O)c1ccc(COC)o1. The molecule has 0 saturated heterocycles. The smallest absolute Gasteiger partial charge is 0.289 e. The Bertz CT molecular complexity index is 609. The first kappa shape index (κ1) is 15.6. The van der Waals surface area contributed by atoms with Gasteiger partial charge in [-0.15, -0.1) is 0 Å². The van der Waals surface area contributed by atoms with Crippen LogP contribution < -0.4 is 0 Å². The molecule has 112 valence electrons. The van der Waals surface area contributed by atoms with E-state index in [1.54, 1.807) is 24.1 Å². The number of rotatable bonds is 6. The lowest BCUT2D eigenvalue weighted by Gasteiger charge is -2.19. The zero-order valence-electron chi connectivity index (χ0n) is 12.1. The number of methoxy groups -OCH3 is 1. The van der Waals surface area contributed by atoms with Gasteiger partial charge in [0.05, 0.1) is 0 Å². The molecule has 0 aliphatic rings. The van der Waals surface area contributed by atoms with Crippen LogP contribution in [0.4, 0.5) is 0 Å². The molecule has 4 nitrogen and oxygen atoms in total. The maximum atomic E-state index is 12.4. The molecular weight excluding hydrogens is 290 g/mol. The first-order valence-corrected chi connectivity index (χ1v) is 7.13. The topological polar surface area (TPSA) is 42.7 Å². The highest BCUT2D eigenvalue weighted by atomic mass is 35.5. The first-order valence-electron chi connectivity index (χ1n) is 6.75. The fourth-order valence-electron chi connectivity index (χ4n) is 2.05. The number of hydrogen-bond acceptors (Lipinski definition) is 3. The van der Waals surface area contributed by atoms with E-state index in [1.165, 1.54) is 0 Å². The van der Waals surface area contributed by atoms with Crippen LogP contribution in [0, 0.1) is 0 Å². The number of ether oxygens (including phenoxy) is 1. The Labute approximate surface area is 129 Å². The summed E-state index contributed by atoms with van der Waals surface area (Å²) in [6.45, 7) is 3.37. The van der Waals surface area contributed by atoms with Crippen LogP contribution in [0.3, 0.4) is 0 Å². The number of amides is 1. The van der Waals surface area contributed by atoms with Crippen molar-refractivity contribution < 1.29 is 13.9 Å². The summed E-state index contributed by atoms with van der Waals surface area (Å²) in [6.07, 6.45) is 0. The minimum absolute atomic E-state index is 0.139. The molecule has 2 aromatic rings. The van der Waals surface area contributed by atoms with Crippen LogP contribution in [-0.2, 0) is 17.9 Å². The number of carbonyl (C=O) groups is 1. The molecule has 0 bridgehead atoms. The number of carbonyl (C=O) groups excluding carboxylic acids is 1. The number of halogens is 1. The van der Waals surface area contributed by atoms with E-state index in [2.05, 4.69) is 0 Å². The van der Waals surface area contributed by atoms with Gasteiger partial charge in [0.15, 0.2) is 5.76 Å². The van der Waals surface area contributed by atoms with Gasteiger partial charge in [-0.25, -0.2) is 0 Å². The van der Waals surface area contributed by atoms with E-state index in [1.807, 2.05) is 31.2 Å². The summed E-state index contributed by atoms with van der Waals surface area (Å²) in [5.41, 5.74) is 0.987. The molecule has 0 aliphatic carbocycles. The van der Waals surface area contributed by atoms with E-state index in [9.17, 15) is 4.79 Å². The maximum absolute atomic E-state index is 12.4. The van der Waals surface area contributed by atoms with Gasteiger partial charge < -0.3 is 14.1 Å². The molecule has 0 N–H and O–H groups in total. The van der Waals surface area contributed by atoms with Crippen LogP contribution in [0.15, 0.2) is 40.8 Å². The van der Waals surface area contributed by atoms with Crippen LogP contribution in [0.1, 0.15) is 28.8 Å². The van der Waals surface area contributed by atoms with E-state index in [-0.39, 0.29) is 5.91 Å². The largest absolute Gasteiger partial charge is 0.453 e. The molecule has 21 heavy (non-hydrogen) atoms. The summed E-state index contributed by atoms with van der Waals surface area (Å²) in [5, 5.41) is 0.663. The molecule has 0 spiro atoms. The first-order chi connectivity index (χ1) is 10.1. The molecule has 0 atom stereocenters. The highest BCUT2D eigenvalue weighted by molar-refractivity contribution is 6.30. The van der Waals surface area contributed by atoms with Gasteiger partial charge in [-0.05, 0) is 36.8 Å². The Balaban J connectivity index is 2.10. The highest BCUT2D eigenvalue weighted by Gasteiger charge is 2.18. The van der Waals surface area contributed by atoms with Gasteiger partial charge in [0.1, 0.15) is 12.4 Å². The predicted molar refractivity (Wildman–Crippen MR) is 81.3 cm³/mol. The quantitative estimate of drug-likeness (QED) is 0.816. The predicted octanol–water partition coefficient (Wildman–Crippen LogP) is 3.74. The van der Waals surface area contributed by atoms with Crippen molar-refractivity contribution in [3.63, 3.8) is 0 Å². The third-order valence-electron chi connectivity index (χ3n) is 3.09. The standard InChI is InChI=1S/C16H18ClNO3/c1-3-18(10-12-5-4-6-13(17)9-12)16(19)15-8-7-14(21-15)11-20-2/h4-9H,3,10-11H2,1-2H3. The van der Waals surface area contributed by atoms with Crippen LogP contribution in [0.2, 0.25) is 5.02 Å². The molecule has 1 aromatic carbocycles. The van der Waals surface area contributed by atoms with Crippen LogP contribution in [0.5, 0.6) is 0 Å². The summed E-state index contributed by atoms with van der Waals surface area (Å²) in [4.78, 5) is 14.2. The molecular formula is C16H18ClNO3. The van der Waals surface area contributed by atoms with E-state index >= 15 is 0 Å². The molecule has 2 rings (SSSR count). The van der Waals surface area contributed by atoms with Gasteiger partial charge >= 0.3 is 0 Å². The molecule has 1 amide bonds. The Morgan fingerprint density at radius 2 is 2.14 bits per heavy atom. The molecule has 0 radical (unpaired) electrons. The minimum atomic E-state index is -0.139. The van der Waals surface area contributed by atoms with Gasteiger partial charge in [-0.1, -0.05) is 23.7 Å². The molecule has 0 fully saturated rings. The Kier molecular flexibility index (Phi) is 5.42. The van der Waals surface area contributed by atoms with Gasteiger partial charge in [0.2, 0.25) is 0 Å². The molecule has 5 heteroatoms. The van der Waals surface area contributed by atoms with Crippen molar-refractivity contribution in [3.8, 4) is 0 Å².